The Morgan fingerprint density at radius 3 is 2.88 bits per heavy atom. The first-order valence-electron chi connectivity index (χ1n) is 7.89. The van der Waals surface area contributed by atoms with Crippen molar-refractivity contribution in [2.24, 2.45) is 0 Å². The lowest BCUT2D eigenvalue weighted by atomic mass is 10.1. The Morgan fingerprint density at radius 2 is 2.28 bits per heavy atom. The van der Waals surface area contributed by atoms with E-state index >= 15 is 0 Å². The molecule has 0 aliphatic carbocycles. The summed E-state index contributed by atoms with van der Waals surface area (Å²) in [5, 5.41) is 11.7. The number of nitrogens with zero attached hydrogens (tertiary/aromatic N) is 2. The van der Waals surface area contributed by atoms with Gasteiger partial charge in [-0.3, -0.25) is 4.68 Å². The van der Waals surface area contributed by atoms with Crippen LogP contribution in [-0.2, 0) is 17.7 Å². The lowest BCUT2D eigenvalue weighted by Crippen LogP contribution is -2.30. The van der Waals surface area contributed by atoms with Gasteiger partial charge in [0.15, 0.2) is 5.11 Å². The van der Waals surface area contributed by atoms with E-state index in [-0.39, 0.29) is 5.97 Å². The number of aromatic nitrogens is 2. The third-order valence-electron chi connectivity index (χ3n) is 3.63. The van der Waals surface area contributed by atoms with Crippen molar-refractivity contribution in [2.45, 2.75) is 33.2 Å². The van der Waals surface area contributed by atoms with E-state index in [1.165, 1.54) is 18.4 Å². The first-order chi connectivity index (χ1) is 12.0. The smallest absolute Gasteiger partial charge is 0.341 e. The zero-order valence-corrected chi connectivity index (χ0v) is 17.6. The van der Waals surface area contributed by atoms with E-state index in [1.807, 2.05) is 24.7 Å². The number of methoxy groups -OCH3 is 1. The van der Waals surface area contributed by atoms with Crippen molar-refractivity contribution in [3.05, 3.63) is 32.9 Å². The molecule has 6 nitrogen and oxygen atoms in total. The van der Waals surface area contributed by atoms with Crippen LogP contribution in [-0.4, -0.2) is 34.5 Å². The summed E-state index contributed by atoms with van der Waals surface area (Å²) in [6.07, 6.45) is 5.34. The SMILES string of the molecule is CCc1c(C)sc(NC(=S)NCCCn2cc(Br)cn2)c1C(=O)OC. The van der Waals surface area contributed by atoms with Crippen molar-refractivity contribution in [3.8, 4) is 0 Å². The quantitative estimate of drug-likeness (QED) is 0.385. The Bertz CT molecular complexity index is 757. The van der Waals surface area contributed by atoms with Crippen LogP contribution in [0, 0.1) is 6.92 Å². The standard InChI is InChI=1S/C16H21BrN4O2S2/c1-4-12-10(2)25-14(13(12)15(22)23-3)20-16(24)18-6-5-7-21-9-11(17)8-19-21/h8-9H,4-7H2,1-3H3,(H2,18,20,24). The topological polar surface area (TPSA) is 68.2 Å². The highest BCUT2D eigenvalue weighted by molar-refractivity contribution is 9.10. The summed E-state index contributed by atoms with van der Waals surface area (Å²) in [7, 11) is 1.39. The number of hydrogen-bond acceptors (Lipinski definition) is 5. The number of carbonyl (C=O) groups is 1. The summed E-state index contributed by atoms with van der Waals surface area (Å²) in [6, 6.07) is 0. The lowest BCUT2D eigenvalue weighted by Gasteiger charge is -2.11. The molecule has 0 bridgehead atoms. The van der Waals surface area contributed by atoms with E-state index in [4.69, 9.17) is 17.0 Å². The number of esters is 1. The van der Waals surface area contributed by atoms with E-state index in [9.17, 15) is 4.79 Å². The van der Waals surface area contributed by atoms with Crippen LogP contribution >= 0.6 is 39.5 Å². The van der Waals surface area contributed by atoms with Gasteiger partial charge < -0.3 is 15.4 Å². The molecule has 0 fully saturated rings. The van der Waals surface area contributed by atoms with Crippen molar-refractivity contribution in [3.63, 3.8) is 0 Å². The van der Waals surface area contributed by atoms with Gasteiger partial charge in [0, 0.05) is 24.2 Å². The Labute approximate surface area is 165 Å². The van der Waals surface area contributed by atoms with Crippen LogP contribution in [0.15, 0.2) is 16.9 Å². The van der Waals surface area contributed by atoms with Crippen molar-refractivity contribution in [1.82, 2.24) is 15.1 Å². The first-order valence-corrected chi connectivity index (χ1v) is 9.91. The summed E-state index contributed by atoms with van der Waals surface area (Å²) in [5.41, 5.74) is 1.59. The van der Waals surface area contributed by atoms with Gasteiger partial charge >= 0.3 is 5.97 Å². The molecular weight excluding hydrogens is 424 g/mol. The van der Waals surface area contributed by atoms with E-state index < -0.39 is 0 Å². The molecule has 0 aliphatic rings. The van der Waals surface area contributed by atoms with Gasteiger partial charge in [-0.15, -0.1) is 11.3 Å². The minimum atomic E-state index is -0.337. The molecule has 0 amide bonds. The van der Waals surface area contributed by atoms with Crippen molar-refractivity contribution in [1.29, 1.82) is 0 Å². The Hall–Kier alpha value is -1.45. The fraction of sp³-hybridized carbons (Fsp3) is 0.438. The van der Waals surface area contributed by atoms with Gasteiger partial charge in [-0.25, -0.2) is 4.79 Å². The number of hydrogen-bond donors (Lipinski definition) is 2. The molecule has 2 N–H and O–H groups in total. The molecule has 0 spiro atoms. The summed E-state index contributed by atoms with van der Waals surface area (Å²) in [4.78, 5) is 13.2. The predicted molar refractivity (Wildman–Crippen MR) is 109 cm³/mol. The van der Waals surface area contributed by atoms with Gasteiger partial charge in [0.25, 0.3) is 0 Å². The molecule has 9 heteroatoms. The van der Waals surface area contributed by atoms with Crippen molar-refractivity contribution >= 4 is 55.6 Å². The number of carbonyl (C=O) groups excluding carboxylic acids is 1. The second-order valence-corrected chi connectivity index (χ2v) is 7.89. The van der Waals surface area contributed by atoms with Crippen LogP contribution in [0.4, 0.5) is 5.00 Å². The normalized spacial score (nSPS) is 10.6. The molecule has 0 atom stereocenters. The molecule has 0 aromatic carbocycles. The fourth-order valence-corrected chi connectivity index (χ4v) is 4.20. The number of rotatable bonds is 7. The van der Waals surface area contributed by atoms with Crippen LogP contribution < -0.4 is 10.6 Å². The molecular formula is C16H21BrN4O2S2. The largest absolute Gasteiger partial charge is 0.465 e. The highest BCUT2D eigenvalue weighted by Crippen LogP contribution is 2.33. The van der Waals surface area contributed by atoms with E-state index in [0.717, 1.165) is 39.3 Å². The van der Waals surface area contributed by atoms with E-state index in [2.05, 4.69) is 31.7 Å². The van der Waals surface area contributed by atoms with Crippen LogP contribution in [0.25, 0.3) is 0 Å². The maximum absolute atomic E-state index is 12.1. The second kappa shape index (κ2) is 9.30. The molecule has 0 aliphatic heterocycles. The van der Waals surface area contributed by atoms with Crippen LogP contribution in [0.2, 0.25) is 0 Å². The zero-order valence-electron chi connectivity index (χ0n) is 14.4. The number of aryl methyl sites for hydroxylation is 2. The minimum Gasteiger partial charge on any atom is -0.465 e. The average molecular weight is 445 g/mol. The molecule has 0 unspecified atom stereocenters. The number of anilines is 1. The van der Waals surface area contributed by atoms with Gasteiger partial charge in [-0.1, -0.05) is 6.92 Å². The molecule has 0 radical (unpaired) electrons. The minimum absolute atomic E-state index is 0.337. The van der Waals surface area contributed by atoms with E-state index in [1.54, 1.807) is 6.20 Å². The highest BCUT2D eigenvalue weighted by atomic mass is 79.9. The summed E-state index contributed by atoms with van der Waals surface area (Å²) in [6.45, 7) is 5.53. The molecule has 2 aromatic heterocycles. The molecule has 25 heavy (non-hydrogen) atoms. The zero-order chi connectivity index (χ0) is 18.4. The predicted octanol–water partition coefficient (Wildman–Crippen LogP) is 3.74. The highest BCUT2D eigenvalue weighted by Gasteiger charge is 2.22. The summed E-state index contributed by atoms with van der Waals surface area (Å²) < 4.78 is 7.75. The number of thiocarbonyl (C=S) groups is 1. The second-order valence-electron chi connectivity index (χ2n) is 5.34. The molecule has 2 heterocycles. The molecule has 2 aromatic rings. The van der Waals surface area contributed by atoms with Crippen LogP contribution in [0.3, 0.4) is 0 Å². The molecule has 0 saturated carbocycles. The Morgan fingerprint density at radius 1 is 1.52 bits per heavy atom. The van der Waals surface area contributed by atoms with Crippen LogP contribution in [0.1, 0.15) is 34.1 Å². The Kier molecular flexibility index (Phi) is 7.39. The van der Waals surface area contributed by atoms with Gasteiger partial charge in [0.2, 0.25) is 0 Å². The fourth-order valence-electron chi connectivity index (χ4n) is 2.46. The Balaban J connectivity index is 1.90. The number of nitrogens with one attached hydrogen (secondary N) is 2. The third kappa shape index (κ3) is 5.26. The maximum atomic E-state index is 12.1. The van der Waals surface area contributed by atoms with Gasteiger partial charge in [-0.05, 0) is 53.5 Å². The van der Waals surface area contributed by atoms with Crippen molar-refractivity contribution < 1.29 is 9.53 Å². The van der Waals surface area contributed by atoms with E-state index in [0.29, 0.717) is 17.2 Å². The number of thiophene rings is 1. The van der Waals surface area contributed by atoms with Crippen molar-refractivity contribution in [2.75, 3.05) is 19.0 Å². The third-order valence-corrected chi connectivity index (χ3v) is 5.35. The average Bonchev–Trinajstić information content (AvgIpc) is 3.13. The van der Waals surface area contributed by atoms with Gasteiger partial charge in [0.1, 0.15) is 5.00 Å². The molecule has 136 valence electrons. The number of ether oxygens (including phenoxy) is 1. The summed E-state index contributed by atoms with van der Waals surface area (Å²) in [5.74, 6) is -0.337. The molecule has 0 saturated heterocycles. The lowest BCUT2D eigenvalue weighted by molar-refractivity contribution is 0.0601. The van der Waals surface area contributed by atoms with Crippen LogP contribution in [0.5, 0.6) is 0 Å². The van der Waals surface area contributed by atoms with Gasteiger partial charge in [-0.2, -0.15) is 5.10 Å². The summed E-state index contributed by atoms with van der Waals surface area (Å²) >= 11 is 10.2. The van der Waals surface area contributed by atoms with Gasteiger partial charge in [0.05, 0.1) is 23.3 Å². The maximum Gasteiger partial charge on any atom is 0.341 e. The molecule has 2 rings (SSSR count). The number of halogens is 1. The monoisotopic (exact) mass is 444 g/mol. The first kappa shape index (κ1) is 19.9.